The lowest BCUT2D eigenvalue weighted by atomic mass is 10.1. The molecule has 1 amide bonds. The molecule has 134 valence electrons. The Balaban J connectivity index is 1.62. The van der Waals surface area contributed by atoms with Gasteiger partial charge in [-0.05, 0) is 13.0 Å². The number of hydrogen-bond donors (Lipinski definition) is 0. The maximum Gasteiger partial charge on any atom is 0.276 e. The van der Waals surface area contributed by atoms with Gasteiger partial charge in [0.05, 0.1) is 10.7 Å². The Kier molecular flexibility index (Phi) is 5.06. The number of rotatable bonds is 3. The van der Waals surface area contributed by atoms with Crippen molar-refractivity contribution in [3.63, 3.8) is 0 Å². The van der Waals surface area contributed by atoms with Gasteiger partial charge in [0, 0.05) is 45.3 Å². The van der Waals surface area contributed by atoms with Crippen LogP contribution in [0.25, 0.3) is 0 Å². The minimum Gasteiger partial charge on any atom is -0.335 e. The molecule has 0 unspecified atom stereocenters. The molecule has 1 fully saturated rings. The van der Waals surface area contributed by atoms with Crippen LogP contribution in [0.3, 0.4) is 0 Å². The summed E-state index contributed by atoms with van der Waals surface area (Å²) < 4.78 is 28.7. The first kappa shape index (κ1) is 17.8. The van der Waals surface area contributed by atoms with Crippen LogP contribution in [-0.4, -0.2) is 51.7 Å². The van der Waals surface area contributed by atoms with Crippen LogP contribution in [0, 0.1) is 18.6 Å². The topological polar surface area (TPSA) is 41.4 Å². The Labute approximate surface area is 149 Å². The summed E-state index contributed by atoms with van der Waals surface area (Å²) in [6, 6.07) is 4.18. The molecule has 1 aliphatic rings. The quantitative estimate of drug-likeness (QED) is 0.836. The zero-order valence-corrected chi connectivity index (χ0v) is 14.9. The van der Waals surface area contributed by atoms with E-state index in [0.717, 1.165) is 11.8 Å². The molecule has 8 heteroatoms. The average Bonchev–Trinajstić information content (AvgIpc) is 2.86. The van der Waals surface area contributed by atoms with Crippen LogP contribution in [0.1, 0.15) is 21.7 Å². The first-order valence-corrected chi connectivity index (χ1v) is 8.40. The van der Waals surface area contributed by atoms with E-state index in [2.05, 4.69) is 5.10 Å². The van der Waals surface area contributed by atoms with Gasteiger partial charge in [-0.2, -0.15) is 5.10 Å². The number of aryl methyl sites for hydroxylation is 1. The number of piperazine rings is 1. The minimum atomic E-state index is -0.841. The van der Waals surface area contributed by atoms with Gasteiger partial charge in [0.2, 0.25) is 0 Å². The maximum absolute atomic E-state index is 13.8. The van der Waals surface area contributed by atoms with E-state index in [9.17, 15) is 13.6 Å². The molecule has 1 aromatic carbocycles. The molecule has 25 heavy (non-hydrogen) atoms. The van der Waals surface area contributed by atoms with Crippen LogP contribution in [-0.2, 0) is 13.6 Å². The third kappa shape index (κ3) is 3.52. The number of amides is 1. The zero-order chi connectivity index (χ0) is 18.1. The van der Waals surface area contributed by atoms with Crippen molar-refractivity contribution in [1.82, 2.24) is 19.6 Å². The van der Waals surface area contributed by atoms with Gasteiger partial charge in [-0.25, -0.2) is 8.78 Å². The number of aromatic nitrogens is 2. The van der Waals surface area contributed by atoms with Crippen LogP contribution in [0.4, 0.5) is 8.78 Å². The second-order valence-corrected chi connectivity index (χ2v) is 6.53. The number of carbonyl (C=O) groups is 1. The summed E-state index contributed by atoms with van der Waals surface area (Å²) in [5.41, 5.74) is 1.32. The molecule has 5 nitrogen and oxygen atoms in total. The van der Waals surface area contributed by atoms with Crippen molar-refractivity contribution in [2.24, 2.45) is 7.05 Å². The van der Waals surface area contributed by atoms with Crippen molar-refractivity contribution >= 4 is 17.5 Å². The third-order valence-corrected chi connectivity index (χ3v) is 5.00. The van der Waals surface area contributed by atoms with Crippen LogP contribution < -0.4 is 0 Å². The summed E-state index contributed by atoms with van der Waals surface area (Å²) in [5.74, 6) is -1.85. The Morgan fingerprint density at radius 2 is 1.92 bits per heavy atom. The first-order chi connectivity index (χ1) is 11.9. The standard InChI is InChI=1S/C17H19ClF2N4O/c1-11-14(18)16(21-22(11)2)17(25)24-8-6-23(7-9-24)10-12-4-3-5-13(19)15(12)20/h3-5H,6-10H2,1-2H3. The van der Waals surface area contributed by atoms with Gasteiger partial charge >= 0.3 is 0 Å². The van der Waals surface area contributed by atoms with E-state index in [1.54, 1.807) is 29.6 Å². The van der Waals surface area contributed by atoms with Gasteiger partial charge in [-0.1, -0.05) is 23.7 Å². The van der Waals surface area contributed by atoms with Gasteiger partial charge in [-0.3, -0.25) is 14.4 Å². The Morgan fingerprint density at radius 3 is 2.52 bits per heavy atom. The SMILES string of the molecule is Cc1c(Cl)c(C(=O)N2CCN(Cc3cccc(F)c3F)CC2)nn1C. The summed E-state index contributed by atoms with van der Waals surface area (Å²) in [6.45, 7) is 4.24. The van der Waals surface area contributed by atoms with Gasteiger partial charge in [-0.15, -0.1) is 0 Å². The molecule has 0 radical (unpaired) electrons. The molecule has 1 aliphatic heterocycles. The lowest BCUT2D eigenvalue weighted by Crippen LogP contribution is -2.48. The van der Waals surface area contributed by atoms with E-state index < -0.39 is 11.6 Å². The van der Waals surface area contributed by atoms with Crippen LogP contribution in [0.5, 0.6) is 0 Å². The third-order valence-electron chi connectivity index (χ3n) is 4.55. The molecule has 0 atom stereocenters. The fourth-order valence-electron chi connectivity index (χ4n) is 2.89. The lowest BCUT2D eigenvalue weighted by Gasteiger charge is -2.34. The monoisotopic (exact) mass is 368 g/mol. The first-order valence-electron chi connectivity index (χ1n) is 8.02. The predicted octanol–water partition coefficient (Wildman–Crippen LogP) is 2.62. The van der Waals surface area contributed by atoms with Crippen molar-refractivity contribution < 1.29 is 13.6 Å². The Hall–Kier alpha value is -1.99. The number of benzene rings is 1. The zero-order valence-electron chi connectivity index (χ0n) is 14.1. The summed E-state index contributed by atoms with van der Waals surface area (Å²) in [4.78, 5) is 16.3. The van der Waals surface area contributed by atoms with Crippen LogP contribution >= 0.6 is 11.6 Å². The molecular weight excluding hydrogens is 350 g/mol. The molecule has 2 aromatic rings. The van der Waals surface area contributed by atoms with E-state index in [4.69, 9.17) is 11.6 Å². The van der Waals surface area contributed by atoms with Crippen molar-refractivity contribution in [1.29, 1.82) is 0 Å². The molecular formula is C17H19ClF2N4O. The highest BCUT2D eigenvalue weighted by Crippen LogP contribution is 2.22. The smallest absolute Gasteiger partial charge is 0.276 e. The molecule has 3 rings (SSSR count). The largest absolute Gasteiger partial charge is 0.335 e. The summed E-state index contributed by atoms with van der Waals surface area (Å²) in [7, 11) is 1.74. The van der Waals surface area contributed by atoms with Crippen molar-refractivity contribution in [3.05, 3.63) is 51.8 Å². The predicted molar refractivity (Wildman–Crippen MR) is 90.5 cm³/mol. The Morgan fingerprint density at radius 1 is 1.24 bits per heavy atom. The molecule has 0 spiro atoms. The number of nitrogens with zero attached hydrogens (tertiary/aromatic N) is 4. The van der Waals surface area contributed by atoms with Gasteiger partial charge in [0.15, 0.2) is 17.3 Å². The van der Waals surface area contributed by atoms with Crippen molar-refractivity contribution in [2.45, 2.75) is 13.5 Å². The van der Waals surface area contributed by atoms with E-state index in [-0.39, 0.29) is 11.6 Å². The Bertz CT molecular complexity index is 800. The second-order valence-electron chi connectivity index (χ2n) is 6.15. The summed E-state index contributed by atoms with van der Waals surface area (Å²) in [5, 5.41) is 4.55. The molecule has 0 bridgehead atoms. The number of halogens is 3. The highest BCUT2D eigenvalue weighted by molar-refractivity contribution is 6.34. The summed E-state index contributed by atoms with van der Waals surface area (Å²) in [6.07, 6.45) is 0. The minimum absolute atomic E-state index is 0.203. The maximum atomic E-state index is 13.8. The lowest BCUT2D eigenvalue weighted by molar-refractivity contribution is 0.0620. The second kappa shape index (κ2) is 7.09. The normalized spacial score (nSPS) is 15.6. The number of carbonyl (C=O) groups excluding carboxylic acids is 1. The van der Waals surface area contributed by atoms with E-state index in [1.807, 2.05) is 4.90 Å². The fourth-order valence-corrected chi connectivity index (χ4v) is 3.13. The van der Waals surface area contributed by atoms with Gasteiger partial charge < -0.3 is 4.90 Å². The van der Waals surface area contributed by atoms with Crippen LogP contribution in [0.15, 0.2) is 18.2 Å². The van der Waals surface area contributed by atoms with Crippen molar-refractivity contribution in [2.75, 3.05) is 26.2 Å². The van der Waals surface area contributed by atoms with Crippen molar-refractivity contribution in [3.8, 4) is 0 Å². The van der Waals surface area contributed by atoms with E-state index >= 15 is 0 Å². The summed E-state index contributed by atoms with van der Waals surface area (Å²) >= 11 is 6.18. The molecule has 2 heterocycles. The number of hydrogen-bond acceptors (Lipinski definition) is 3. The van der Waals surface area contributed by atoms with Gasteiger partial charge in [0.1, 0.15) is 0 Å². The van der Waals surface area contributed by atoms with Gasteiger partial charge in [0.25, 0.3) is 5.91 Å². The van der Waals surface area contributed by atoms with Crippen LogP contribution in [0.2, 0.25) is 5.02 Å². The molecule has 0 aliphatic carbocycles. The molecule has 0 N–H and O–H groups in total. The average molecular weight is 369 g/mol. The molecule has 1 saturated heterocycles. The molecule has 1 aromatic heterocycles. The van der Waals surface area contributed by atoms with E-state index in [1.165, 1.54) is 6.07 Å². The van der Waals surface area contributed by atoms with E-state index in [0.29, 0.717) is 43.3 Å². The fraction of sp³-hybridized carbons (Fsp3) is 0.412. The highest BCUT2D eigenvalue weighted by atomic mass is 35.5. The molecule has 0 saturated carbocycles. The highest BCUT2D eigenvalue weighted by Gasteiger charge is 2.27.